The molecule has 0 saturated heterocycles. The number of tetrazole rings is 1. The predicted molar refractivity (Wildman–Crippen MR) is 86.4 cm³/mol. The third-order valence-electron chi connectivity index (χ3n) is 3.09. The van der Waals surface area contributed by atoms with Gasteiger partial charge in [0.2, 0.25) is 0 Å². The van der Waals surface area contributed by atoms with Crippen molar-refractivity contribution in [2.75, 3.05) is 5.73 Å². The van der Waals surface area contributed by atoms with E-state index in [4.69, 9.17) is 17.3 Å². The van der Waals surface area contributed by atoms with E-state index < -0.39 is 0 Å². The van der Waals surface area contributed by atoms with Gasteiger partial charge in [-0.1, -0.05) is 23.7 Å². The van der Waals surface area contributed by atoms with Gasteiger partial charge in [0.15, 0.2) is 5.82 Å². The summed E-state index contributed by atoms with van der Waals surface area (Å²) in [7, 11) is 0. The molecule has 0 aliphatic heterocycles. The van der Waals surface area contributed by atoms with Gasteiger partial charge >= 0.3 is 0 Å². The van der Waals surface area contributed by atoms with Gasteiger partial charge in [0.1, 0.15) is 0 Å². The monoisotopic (exact) mass is 363 g/mol. The fourth-order valence-electron chi connectivity index (χ4n) is 2.03. The molecule has 0 aliphatic rings. The van der Waals surface area contributed by atoms with Gasteiger partial charge in [-0.05, 0) is 63.1 Å². The lowest BCUT2D eigenvalue weighted by atomic mass is 10.1. The van der Waals surface area contributed by atoms with E-state index in [-0.39, 0.29) is 0 Å². The highest BCUT2D eigenvalue weighted by Crippen LogP contribution is 2.32. The van der Waals surface area contributed by atoms with Crippen molar-refractivity contribution < 1.29 is 0 Å². The van der Waals surface area contributed by atoms with Crippen LogP contribution in [0.3, 0.4) is 0 Å². The SMILES string of the molecule is Cc1ccc(Br)c(-n2nnnc2-c2cccc(Cl)c2N)c1. The predicted octanol–water partition coefficient (Wildman–Crippen LogP) is 3.64. The molecule has 0 radical (unpaired) electrons. The maximum absolute atomic E-state index is 6.07. The van der Waals surface area contributed by atoms with Crippen molar-refractivity contribution in [3.8, 4) is 17.1 Å². The van der Waals surface area contributed by atoms with Crippen molar-refractivity contribution in [2.24, 2.45) is 0 Å². The van der Waals surface area contributed by atoms with Crippen molar-refractivity contribution in [1.82, 2.24) is 20.2 Å². The Morgan fingerprint density at radius 1 is 1.24 bits per heavy atom. The zero-order chi connectivity index (χ0) is 15.0. The smallest absolute Gasteiger partial charge is 0.189 e. The molecular formula is C14H11BrClN5. The number of aromatic nitrogens is 4. The summed E-state index contributed by atoms with van der Waals surface area (Å²) in [5, 5.41) is 12.4. The highest BCUT2D eigenvalue weighted by atomic mass is 79.9. The zero-order valence-corrected chi connectivity index (χ0v) is 13.4. The average Bonchev–Trinajstić information content (AvgIpc) is 2.93. The molecule has 7 heteroatoms. The molecule has 3 aromatic rings. The largest absolute Gasteiger partial charge is 0.397 e. The Hall–Kier alpha value is -1.92. The minimum Gasteiger partial charge on any atom is -0.397 e. The Kier molecular flexibility index (Phi) is 3.65. The summed E-state index contributed by atoms with van der Waals surface area (Å²) in [5.74, 6) is 0.543. The molecule has 0 aliphatic carbocycles. The molecule has 0 fully saturated rings. The second-order valence-corrected chi connectivity index (χ2v) is 5.83. The second-order valence-electron chi connectivity index (χ2n) is 4.57. The van der Waals surface area contributed by atoms with Crippen LogP contribution in [-0.4, -0.2) is 20.2 Å². The van der Waals surface area contributed by atoms with Crippen LogP contribution in [0.5, 0.6) is 0 Å². The molecule has 2 aromatic carbocycles. The molecule has 1 aromatic heterocycles. The number of benzene rings is 2. The van der Waals surface area contributed by atoms with Crippen LogP contribution in [0.25, 0.3) is 17.1 Å². The Labute approximate surface area is 134 Å². The number of nitrogens with zero attached hydrogens (tertiary/aromatic N) is 4. The fourth-order valence-corrected chi connectivity index (χ4v) is 2.62. The Bertz CT molecular complexity index is 798. The molecule has 0 bridgehead atoms. The highest BCUT2D eigenvalue weighted by Gasteiger charge is 2.16. The van der Waals surface area contributed by atoms with Gasteiger partial charge in [0, 0.05) is 10.0 Å². The molecule has 106 valence electrons. The molecule has 1 heterocycles. The van der Waals surface area contributed by atoms with Gasteiger partial charge < -0.3 is 5.73 Å². The summed E-state index contributed by atoms with van der Waals surface area (Å²) in [5.41, 5.74) is 9.14. The zero-order valence-electron chi connectivity index (χ0n) is 11.1. The molecule has 0 spiro atoms. The first kappa shape index (κ1) is 14.0. The van der Waals surface area contributed by atoms with E-state index in [0.29, 0.717) is 22.1 Å². The molecule has 0 amide bonds. The normalized spacial score (nSPS) is 10.8. The third-order valence-corrected chi connectivity index (χ3v) is 4.09. The Morgan fingerprint density at radius 3 is 2.86 bits per heavy atom. The van der Waals surface area contributed by atoms with Crippen LogP contribution in [0.15, 0.2) is 40.9 Å². The number of anilines is 1. The first-order valence-electron chi connectivity index (χ1n) is 6.17. The minimum atomic E-state index is 0.457. The molecule has 0 atom stereocenters. The molecule has 0 unspecified atom stereocenters. The minimum absolute atomic E-state index is 0.457. The van der Waals surface area contributed by atoms with E-state index in [9.17, 15) is 0 Å². The van der Waals surface area contributed by atoms with Gasteiger partial charge in [0.25, 0.3) is 0 Å². The van der Waals surface area contributed by atoms with Crippen LogP contribution in [0.2, 0.25) is 5.02 Å². The molecule has 21 heavy (non-hydrogen) atoms. The van der Waals surface area contributed by atoms with E-state index in [1.165, 1.54) is 0 Å². The number of nitrogens with two attached hydrogens (primary N) is 1. The van der Waals surface area contributed by atoms with Crippen molar-refractivity contribution in [1.29, 1.82) is 0 Å². The first-order chi connectivity index (χ1) is 10.1. The molecule has 5 nitrogen and oxygen atoms in total. The van der Waals surface area contributed by atoms with E-state index in [2.05, 4.69) is 31.5 Å². The number of rotatable bonds is 2. The highest BCUT2D eigenvalue weighted by molar-refractivity contribution is 9.10. The van der Waals surface area contributed by atoms with Crippen molar-refractivity contribution in [3.05, 3.63) is 51.5 Å². The van der Waals surface area contributed by atoms with Gasteiger partial charge in [0.05, 0.1) is 16.4 Å². The topological polar surface area (TPSA) is 69.6 Å². The van der Waals surface area contributed by atoms with E-state index in [1.54, 1.807) is 10.7 Å². The molecule has 0 saturated carbocycles. The number of halogens is 2. The Morgan fingerprint density at radius 2 is 2.05 bits per heavy atom. The fraction of sp³-hybridized carbons (Fsp3) is 0.0714. The number of hydrogen-bond acceptors (Lipinski definition) is 4. The van der Waals surface area contributed by atoms with Crippen LogP contribution in [0.1, 0.15) is 5.56 Å². The standard InChI is InChI=1S/C14H11BrClN5/c1-8-5-6-10(15)12(7-8)21-14(18-19-20-21)9-3-2-4-11(16)13(9)17/h2-7H,17H2,1H3. The van der Waals surface area contributed by atoms with Crippen molar-refractivity contribution in [2.45, 2.75) is 6.92 Å². The first-order valence-corrected chi connectivity index (χ1v) is 7.34. The van der Waals surface area contributed by atoms with Crippen molar-refractivity contribution >= 4 is 33.2 Å². The molecule has 2 N–H and O–H groups in total. The van der Waals surface area contributed by atoms with Crippen LogP contribution in [0, 0.1) is 6.92 Å². The van der Waals surface area contributed by atoms with Gasteiger partial charge in [-0.2, -0.15) is 4.68 Å². The summed E-state index contributed by atoms with van der Waals surface area (Å²) in [6.45, 7) is 2.01. The number of nitrogen functional groups attached to an aromatic ring is 1. The van der Waals surface area contributed by atoms with Crippen molar-refractivity contribution in [3.63, 3.8) is 0 Å². The summed E-state index contributed by atoms with van der Waals surface area (Å²) in [6, 6.07) is 11.3. The number of hydrogen-bond donors (Lipinski definition) is 1. The second kappa shape index (κ2) is 5.46. The maximum Gasteiger partial charge on any atom is 0.189 e. The van der Waals surface area contributed by atoms with E-state index in [0.717, 1.165) is 15.7 Å². The van der Waals surface area contributed by atoms with Gasteiger partial charge in [-0.25, -0.2) is 0 Å². The van der Waals surface area contributed by atoms with Crippen LogP contribution >= 0.6 is 27.5 Å². The number of aryl methyl sites for hydroxylation is 1. The van der Waals surface area contributed by atoms with Crippen LogP contribution in [0.4, 0.5) is 5.69 Å². The third kappa shape index (κ3) is 2.52. The van der Waals surface area contributed by atoms with E-state index in [1.807, 2.05) is 37.3 Å². The lowest BCUT2D eigenvalue weighted by Gasteiger charge is -2.10. The molecule has 3 rings (SSSR count). The van der Waals surface area contributed by atoms with E-state index >= 15 is 0 Å². The number of para-hydroxylation sites is 1. The Balaban J connectivity index is 2.22. The summed E-state index contributed by atoms with van der Waals surface area (Å²) in [6.07, 6.45) is 0. The van der Waals surface area contributed by atoms with Crippen LogP contribution in [-0.2, 0) is 0 Å². The molecular weight excluding hydrogens is 354 g/mol. The maximum atomic E-state index is 6.07. The summed E-state index contributed by atoms with van der Waals surface area (Å²) < 4.78 is 2.53. The summed E-state index contributed by atoms with van der Waals surface area (Å²) >= 11 is 9.59. The average molecular weight is 365 g/mol. The quantitative estimate of drug-likeness (QED) is 0.705. The summed E-state index contributed by atoms with van der Waals surface area (Å²) in [4.78, 5) is 0. The van der Waals surface area contributed by atoms with Gasteiger partial charge in [-0.15, -0.1) is 5.10 Å². The lowest BCUT2D eigenvalue weighted by molar-refractivity contribution is 0.788. The van der Waals surface area contributed by atoms with Crippen LogP contribution < -0.4 is 5.73 Å². The lowest BCUT2D eigenvalue weighted by Crippen LogP contribution is -2.03. The van der Waals surface area contributed by atoms with Gasteiger partial charge in [-0.3, -0.25) is 0 Å².